The Morgan fingerprint density at radius 3 is 2.67 bits per heavy atom. The van der Waals surface area contributed by atoms with Crippen molar-refractivity contribution >= 4 is 11.7 Å². The number of rotatable bonds is 6. The molecule has 2 heterocycles. The Morgan fingerprint density at radius 2 is 2.04 bits per heavy atom. The summed E-state index contributed by atoms with van der Waals surface area (Å²) >= 11 is 0. The highest BCUT2D eigenvalue weighted by atomic mass is 19.4. The van der Waals surface area contributed by atoms with E-state index in [2.05, 4.69) is 25.8 Å². The van der Waals surface area contributed by atoms with Crippen LogP contribution in [-0.2, 0) is 6.18 Å². The van der Waals surface area contributed by atoms with Crippen molar-refractivity contribution in [2.45, 2.75) is 6.18 Å². The number of pyridine rings is 1. The van der Waals surface area contributed by atoms with E-state index in [4.69, 9.17) is 4.74 Å². The highest BCUT2D eigenvalue weighted by Gasteiger charge is 2.34. The van der Waals surface area contributed by atoms with Gasteiger partial charge in [0.2, 0.25) is 5.88 Å². The van der Waals surface area contributed by atoms with Crippen LogP contribution in [-0.4, -0.2) is 41.3 Å². The maximum absolute atomic E-state index is 12.8. The van der Waals surface area contributed by atoms with Gasteiger partial charge < -0.3 is 15.4 Å². The lowest BCUT2D eigenvalue weighted by Crippen LogP contribution is -2.20. The molecule has 0 bridgehead atoms. The number of nitrogens with zero attached hydrogens (tertiary/aromatic N) is 3. The number of halogens is 3. The average molecular weight is 341 g/mol. The van der Waals surface area contributed by atoms with Crippen LogP contribution >= 0.6 is 0 Å². The fraction of sp³-hybridized carbons (Fsp3) is 0.286. The Balaban J connectivity index is 1.87. The Morgan fingerprint density at radius 1 is 1.25 bits per heavy atom. The predicted octanol–water partition coefficient (Wildman–Crippen LogP) is 1.74. The van der Waals surface area contributed by atoms with E-state index in [1.807, 2.05) is 0 Å². The average Bonchev–Trinajstić information content (AvgIpc) is 2.58. The highest BCUT2D eigenvalue weighted by molar-refractivity contribution is 5.91. The Kier molecular flexibility index (Phi) is 5.51. The van der Waals surface area contributed by atoms with E-state index in [1.165, 1.54) is 31.4 Å². The molecule has 2 N–H and O–H groups in total. The van der Waals surface area contributed by atoms with E-state index >= 15 is 0 Å². The van der Waals surface area contributed by atoms with E-state index in [9.17, 15) is 18.0 Å². The molecule has 0 aliphatic heterocycles. The lowest BCUT2D eigenvalue weighted by atomic mass is 10.2. The van der Waals surface area contributed by atoms with Crippen molar-refractivity contribution in [2.75, 3.05) is 25.5 Å². The van der Waals surface area contributed by atoms with E-state index in [-0.39, 0.29) is 24.8 Å². The third kappa shape index (κ3) is 4.54. The van der Waals surface area contributed by atoms with Gasteiger partial charge in [-0.3, -0.25) is 4.79 Å². The summed E-state index contributed by atoms with van der Waals surface area (Å²) in [6.07, 6.45) is -3.31. The molecule has 0 saturated carbocycles. The van der Waals surface area contributed by atoms with Crippen LogP contribution in [0.1, 0.15) is 16.1 Å². The summed E-state index contributed by atoms with van der Waals surface area (Å²) in [6, 6.07) is 5.09. The van der Waals surface area contributed by atoms with Crippen molar-refractivity contribution in [3.05, 3.63) is 41.7 Å². The molecule has 1 amide bonds. The van der Waals surface area contributed by atoms with Gasteiger partial charge in [0.25, 0.3) is 5.91 Å². The third-order valence-electron chi connectivity index (χ3n) is 2.85. The molecule has 0 radical (unpaired) electrons. The van der Waals surface area contributed by atoms with E-state index < -0.39 is 17.6 Å². The zero-order valence-corrected chi connectivity index (χ0v) is 12.6. The van der Waals surface area contributed by atoms with Gasteiger partial charge in [0.1, 0.15) is 18.0 Å². The number of carbonyl (C=O) groups is 1. The molecule has 128 valence electrons. The molecule has 2 aromatic heterocycles. The molecule has 0 atom stereocenters. The normalized spacial score (nSPS) is 11.0. The molecular formula is C14H14F3N5O2. The van der Waals surface area contributed by atoms with E-state index in [0.717, 1.165) is 6.07 Å². The zero-order chi connectivity index (χ0) is 17.6. The number of hydrogen-bond donors (Lipinski definition) is 2. The van der Waals surface area contributed by atoms with Crippen LogP contribution in [0.5, 0.6) is 5.88 Å². The summed E-state index contributed by atoms with van der Waals surface area (Å²) in [4.78, 5) is 14.9. The van der Waals surface area contributed by atoms with Crippen LogP contribution < -0.4 is 15.4 Å². The van der Waals surface area contributed by atoms with Crippen LogP contribution in [0.3, 0.4) is 0 Å². The summed E-state index contributed by atoms with van der Waals surface area (Å²) in [5.41, 5.74) is -0.776. The van der Waals surface area contributed by atoms with Gasteiger partial charge in [0, 0.05) is 13.2 Å². The summed E-state index contributed by atoms with van der Waals surface area (Å²) in [6.45, 7) is 0.126. The number of carbonyl (C=O) groups excluding carboxylic acids is 1. The third-order valence-corrected chi connectivity index (χ3v) is 2.85. The lowest BCUT2D eigenvalue weighted by molar-refractivity contribution is -0.139. The molecule has 0 fully saturated rings. The largest absolute Gasteiger partial charge is 0.475 e. The molecule has 0 aliphatic rings. The van der Waals surface area contributed by atoms with E-state index in [0.29, 0.717) is 5.82 Å². The van der Waals surface area contributed by atoms with Crippen molar-refractivity contribution in [2.24, 2.45) is 0 Å². The maximum atomic E-state index is 12.8. The van der Waals surface area contributed by atoms with Crippen molar-refractivity contribution in [1.82, 2.24) is 20.5 Å². The standard InChI is InChI=1S/C14H14F3N5O2/c1-18-12(23)10-4-5-11(22-21-10)19-7-8-24-13-9(14(15,16)17)3-2-6-20-13/h2-6H,7-8H2,1H3,(H,18,23)(H,19,22). The van der Waals surface area contributed by atoms with Crippen molar-refractivity contribution < 1.29 is 22.7 Å². The van der Waals surface area contributed by atoms with Gasteiger partial charge in [-0.25, -0.2) is 4.98 Å². The van der Waals surface area contributed by atoms with Gasteiger partial charge >= 0.3 is 6.18 Å². The Labute approximate surface area is 135 Å². The van der Waals surface area contributed by atoms with Gasteiger partial charge in [-0.2, -0.15) is 13.2 Å². The summed E-state index contributed by atoms with van der Waals surface area (Å²) in [7, 11) is 1.47. The Hall–Kier alpha value is -2.91. The van der Waals surface area contributed by atoms with Gasteiger partial charge in [0.05, 0.1) is 6.54 Å². The number of aromatic nitrogens is 3. The first-order valence-corrected chi connectivity index (χ1v) is 6.86. The molecule has 2 aromatic rings. The second kappa shape index (κ2) is 7.57. The van der Waals surface area contributed by atoms with E-state index in [1.54, 1.807) is 0 Å². The van der Waals surface area contributed by atoms with Crippen molar-refractivity contribution in [3.63, 3.8) is 0 Å². The number of anilines is 1. The van der Waals surface area contributed by atoms with Gasteiger partial charge in [-0.1, -0.05) is 0 Å². The quantitative estimate of drug-likeness (QED) is 0.778. The van der Waals surface area contributed by atoms with Crippen LogP contribution in [0.15, 0.2) is 30.5 Å². The number of ether oxygens (including phenoxy) is 1. The second-order valence-electron chi connectivity index (χ2n) is 4.51. The lowest BCUT2D eigenvalue weighted by Gasteiger charge is -2.12. The highest BCUT2D eigenvalue weighted by Crippen LogP contribution is 2.34. The van der Waals surface area contributed by atoms with Crippen LogP contribution in [0.25, 0.3) is 0 Å². The second-order valence-corrected chi connectivity index (χ2v) is 4.51. The first-order chi connectivity index (χ1) is 11.4. The minimum absolute atomic E-state index is 0.0566. The fourth-order valence-electron chi connectivity index (χ4n) is 1.72. The van der Waals surface area contributed by atoms with Crippen LogP contribution in [0.2, 0.25) is 0 Å². The molecule has 0 aliphatic carbocycles. The molecular weight excluding hydrogens is 327 g/mol. The minimum Gasteiger partial charge on any atom is -0.475 e. The molecule has 0 spiro atoms. The van der Waals surface area contributed by atoms with Gasteiger partial charge in [0.15, 0.2) is 5.69 Å². The minimum atomic E-state index is -4.53. The topological polar surface area (TPSA) is 89.0 Å². The summed E-state index contributed by atoms with van der Waals surface area (Å²) in [5, 5.41) is 12.7. The predicted molar refractivity (Wildman–Crippen MR) is 78.6 cm³/mol. The van der Waals surface area contributed by atoms with Crippen LogP contribution in [0.4, 0.5) is 19.0 Å². The molecule has 0 unspecified atom stereocenters. The smallest absolute Gasteiger partial charge is 0.421 e. The number of amides is 1. The van der Waals surface area contributed by atoms with Gasteiger partial charge in [-0.05, 0) is 24.3 Å². The summed E-state index contributed by atoms with van der Waals surface area (Å²) in [5.74, 6) is -0.483. The zero-order valence-electron chi connectivity index (χ0n) is 12.6. The first-order valence-electron chi connectivity index (χ1n) is 6.86. The molecule has 24 heavy (non-hydrogen) atoms. The molecule has 0 aromatic carbocycles. The monoisotopic (exact) mass is 341 g/mol. The maximum Gasteiger partial charge on any atom is 0.421 e. The molecule has 2 rings (SSSR count). The molecule has 10 heteroatoms. The molecule has 7 nitrogen and oxygen atoms in total. The van der Waals surface area contributed by atoms with Crippen LogP contribution in [0, 0.1) is 0 Å². The first kappa shape index (κ1) is 17.4. The molecule has 0 saturated heterocycles. The summed E-state index contributed by atoms with van der Waals surface area (Å²) < 4.78 is 43.4. The number of alkyl halides is 3. The number of hydrogen-bond acceptors (Lipinski definition) is 6. The van der Waals surface area contributed by atoms with Crippen molar-refractivity contribution in [3.8, 4) is 5.88 Å². The fourth-order valence-corrected chi connectivity index (χ4v) is 1.72. The number of nitrogens with one attached hydrogen (secondary N) is 2. The Bertz CT molecular complexity index is 692. The van der Waals surface area contributed by atoms with Gasteiger partial charge in [-0.15, -0.1) is 10.2 Å². The SMILES string of the molecule is CNC(=O)c1ccc(NCCOc2ncccc2C(F)(F)F)nn1. The van der Waals surface area contributed by atoms with Crippen molar-refractivity contribution in [1.29, 1.82) is 0 Å².